The van der Waals surface area contributed by atoms with Crippen LogP contribution >= 0.6 is 15.9 Å². The molecule has 0 spiro atoms. The van der Waals surface area contributed by atoms with Crippen LogP contribution in [0.2, 0.25) is 0 Å². The summed E-state index contributed by atoms with van der Waals surface area (Å²) in [5, 5.41) is 7.44. The summed E-state index contributed by atoms with van der Waals surface area (Å²) in [7, 11) is 3.99. The SMILES string of the molecule is CN(C)CCn1ncc(Br)c1C(=O)C1COCCN1. The Labute approximate surface area is 121 Å². The third kappa shape index (κ3) is 3.62. The van der Waals surface area contributed by atoms with Gasteiger partial charge < -0.3 is 15.0 Å². The van der Waals surface area contributed by atoms with E-state index in [-0.39, 0.29) is 11.8 Å². The molecule has 2 rings (SSSR count). The fourth-order valence-corrected chi connectivity index (χ4v) is 2.46. The van der Waals surface area contributed by atoms with E-state index in [0.29, 0.717) is 32.0 Å². The van der Waals surface area contributed by atoms with Gasteiger partial charge >= 0.3 is 0 Å². The minimum atomic E-state index is -0.278. The summed E-state index contributed by atoms with van der Waals surface area (Å²) in [5.74, 6) is 0.0304. The van der Waals surface area contributed by atoms with Gasteiger partial charge in [0.25, 0.3) is 0 Å². The molecule has 1 atom stereocenters. The molecule has 106 valence electrons. The number of carbonyl (C=O) groups excluding carboxylic acids is 1. The summed E-state index contributed by atoms with van der Waals surface area (Å²) in [6, 6.07) is -0.278. The first-order valence-corrected chi connectivity index (χ1v) is 7.10. The van der Waals surface area contributed by atoms with Crippen molar-refractivity contribution in [2.45, 2.75) is 12.6 Å². The van der Waals surface area contributed by atoms with Gasteiger partial charge in [0.2, 0.25) is 5.78 Å². The molecule has 2 heterocycles. The fourth-order valence-electron chi connectivity index (χ4n) is 1.97. The number of carbonyl (C=O) groups is 1. The van der Waals surface area contributed by atoms with Crippen molar-refractivity contribution in [1.29, 1.82) is 0 Å². The number of hydrogen-bond acceptors (Lipinski definition) is 5. The summed E-state index contributed by atoms with van der Waals surface area (Å²) in [5.41, 5.74) is 0.616. The Balaban J connectivity index is 2.13. The van der Waals surface area contributed by atoms with E-state index >= 15 is 0 Å². The van der Waals surface area contributed by atoms with Gasteiger partial charge in [-0.25, -0.2) is 0 Å². The van der Waals surface area contributed by atoms with Crippen molar-refractivity contribution in [2.75, 3.05) is 40.4 Å². The largest absolute Gasteiger partial charge is 0.378 e. The third-order valence-electron chi connectivity index (χ3n) is 3.03. The lowest BCUT2D eigenvalue weighted by Crippen LogP contribution is -2.47. The molecule has 1 aromatic heterocycles. The van der Waals surface area contributed by atoms with Crippen LogP contribution in [0.5, 0.6) is 0 Å². The number of hydrogen-bond donors (Lipinski definition) is 1. The van der Waals surface area contributed by atoms with E-state index in [1.807, 2.05) is 14.1 Å². The lowest BCUT2D eigenvalue weighted by molar-refractivity contribution is 0.0599. The van der Waals surface area contributed by atoms with Gasteiger partial charge in [-0.1, -0.05) is 0 Å². The van der Waals surface area contributed by atoms with Gasteiger partial charge in [0.15, 0.2) is 0 Å². The van der Waals surface area contributed by atoms with Gasteiger partial charge in [0, 0.05) is 13.1 Å². The highest BCUT2D eigenvalue weighted by molar-refractivity contribution is 9.10. The van der Waals surface area contributed by atoms with Crippen molar-refractivity contribution in [3.63, 3.8) is 0 Å². The zero-order valence-electron chi connectivity index (χ0n) is 11.2. The lowest BCUT2D eigenvalue weighted by atomic mass is 10.1. The average Bonchev–Trinajstić information content (AvgIpc) is 2.78. The molecule has 0 aromatic carbocycles. The van der Waals surface area contributed by atoms with E-state index in [1.54, 1.807) is 10.9 Å². The Morgan fingerprint density at radius 2 is 2.47 bits per heavy atom. The summed E-state index contributed by atoms with van der Waals surface area (Å²) >= 11 is 3.41. The van der Waals surface area contributed by atoms with Crippen molar-refractivity contribution in [2.24, 2.45) is 0 Å². The number of ketones is 1. The van der Waals surface area contributed by atoms with Crippen LogP contribution in [0.25, 0.3) is 0 Å². The van der Waals surface area contributed by atoms with Gasteiger partial charge in [-0.15, -0.1) is 0 Å². The molecule has 1 unspecified atom stereocenters. The molecule has 6 nitrogen and oxygen atoms in total. The number of halogens is 1. The Morgan fingerprint density at radius 1 is 1.68 bits per heavy atom. The Bertz CT molecular complexity index is 441. The first-order chi connectivity index (χ1) is 9.09. The summed E-state index contributed by atoms with van der Waals surface area (Å²) in [6.45, 7) is 3.31. The third-order valence-corrected chi connectivity index (χ3v) is 3.61. The molecule has 19 heavy (non-hydrogen) atoms. The minimum Gasteiger partial charge on any atom is -0.378 e. The molecule has 0 saturated carbocycles. The Hall–Kier alpha value is -0.760. The van der Waals surface area contributed by atoms with Crippen molar-refractivity contribution in [1.82, 2.24) is 20.0 Å². The molecule has 1 fully saturated rings. The number of nitrogens with zero attached hydrogens (tertiary/aromatic N) is 3. The second kappa shape index (κ2) is 6.60. The van der Waals surface area contributed by atoms with E-state index in [4.69, 9.17) is 4.74 Å². The van der Waals surface area contributed by atoms with Gasteiger partial charge in [-0.3, -0.25) is 9.48 Å². The zero-order chi connectivity index (χ0) is 13.8. The van der Waals surface area contributed by atoms with Crippen molar-refractivity contribution in [3.8, 4) is 0 Å². The second-order valence-electron chi connectivity index (χ2n) is 4.81. The summed E-state index contributed by atoms with van der Waals surface area (Å²) in [4.78, 5) is 14.6. The average molecular weight is 331 g/mol. The van der Waals surface area contributed by atoms with Crippen molar-refractivity contribution in [3.05, 3.63) is 16.4 Å². The standard InChI is InChI=1S/C12H19BrN4O2/c1-16(2)4-5-17-11(9(13)7-15-17)12(18)10-8-19-6-3-14-10/h7,10,14H,3-6,8H2,1-2H3. The highest BCUT2D eigenvalue weighted by Gasteiger charge is 2.27. The molecule has 1 aromatic rings. The summed E-state index contributed by atoms with van der Waals surface area (Å²) in [6.07, 6.45) is 1.67. The number of ether oxygens (including phenoxy) is 1. The van der Waals surface area contributed by atoms with Crippen molar-refractivity contribution < 1.29 is 9.53 Å². The van der Waals surface area contributed by atoms with E-state index in [0.717, 1.165) is 11.0 Å². The highest BCUT2D eigenvalue weighted by atomic mass is 79.9. The minimum absolute atomic E-state index is 0.0304. The number of nitrogens with one attached hydrogen (secondary N) is 1. The van der Waals surface area contributed by atoms with Crippen LogP contribution < -0.4 is 5.32 Å². The number of aromatic nitrogens is 2. The summed E-state index contributed by atoms with van der Waals surface area (Å²) < 4.78 is 7.83. The molecule has 0 bridgehead atoms. The monoisotopic (exact) mass is 330 g/mol. The van der Waals surface area contributed by atoms with E-state index in [1.165, 1.54) is 0 Å². The Kier molecular flexibility index (Phi) is 5.09. The molecule has 0 aliphatic carbocycles. The predicted octanol–water partition coefficient (Wildman–Crippen LogP) is 0.378. The normalized spacial score (nSPS) is 19.9. The van der Waals surface area contributed by atoms with Gasteiger partial charge in [-0.2, -0.15) is 5.10 Å². The van der Waals surface area contributed by atoms with Crippen LogP contribution in [-0.4, -0.2) is 66.9 Å². The molecule has 1 N–H and O–H groups in total. The van der Waals surface area contributed by atoms with Gasteiger partial charge in [0.1, 0.15) is 5.69 Å². The van der Waals surface area contributed by atoms with Crippen LogP contribution in [0.15, 0.2) is 10.7 Å². The Morgan fingerprint density at radius 3 is 3.11 bits per heavy atom. The maximum Gasteiger partial charge on any atom is 0.201 e. The van der Waals surface area contributed by atoms with Gasteiger partial charge in [0.05, 0.1) is 36.5 Å². The van der Waals surface area contributed by atoms with E-state index in [2.05, 4.69) is 31.2 Å². The maximum atomic E-state index is 12.5. The number of likely N-dealkylation sites (N-methyl/N-ethyl adjacent to an activating group) is 1. The quantitative estimate of drug-likeness (QED) is 0.791. The van der Waals surface area contributed by atoms with Crippen LogP contribution in [-0.2, 0) is 11.3 Å². The van der Waals surface area contributed by atoms with Gasteiger partial charge in [-0.05, 0) is 30.0 Å². The van der Waals surface area contributed by atoms with Crippen LogP contribution in [0.4, 0.5) is 0 Å². The smallest absolute Gasteiger partial charge is 0.201 e. The molecule has 1 saturated heterocycles. The first kappa shape index (κ1) is 14.6. The van der Waals surface area contributed by atoms with E-state index < -0.39 is 0 Å². The topological polar surface area (TPSA) is 59.4 Å². The zero-order valence-corrected chi connectivity index (χ0v) is 12.8. The number of rotatable bonds is 5. The van der Waals surface area contributed by atoms with Crippen LogP contribution in [0.3, 0.4) is 0 Å². The molecular weight excluding hydrogens is 312 g/mol. The molecule has 0 radical (unpaired) electrons. The molecule has 1 aliphatic rings. The predicted molar refractivity (Wildman–Crippen MR) is 75.4 cm³/mol. The van der Waals surface area contributed by atoms with Crippen LogP contribution in [0.1, 0.15) is 10.5 Å². The fraction of sp³-hybridized carbons (Fsp3) is 0.667. The number of morpholine rings is 1. The molecule has 1 aliphatic heterocycles. The second-order valence-corrected chi connectivity index (χ2v) is 5.67. The molecule has 0 amide bonds. The maximum absolute atomic E-state index is 12.5. The van der Waals surface area contributed by atoms with E-state index in [9.17, 15) is 4.79 Å². The lowest BCUT2D eigenvalue weighted by Gasteiger charge is -2.23. The highest BCUT2D eigenvalue weighted by Crippen LogP contribution is 2.18. The molecule has 7 heteroatoms. The van der Waals surface area contributed by atoms with Crippen molar-refractivity contribution >= 4 is 21.7 Å². The van der Waals surface area contributed by atoms with Crippen LogP contribution in [0, 0.1) is 0 Å². The molecular formula is C12H19BrN4O2. The number of Topliss-reactive ketones (excluding diaryl/α,β-unsaturated/α-hetero) is 1. The first-order valence-electron chi connectivity index (χ1n) is 6.31.